The highest BCUT2D eigenvalue weighted by atomic mass is 32.1. The standard InChI is InChI=1S/C12H17N3S/c1-7(2)10(8(3)13)11-9-4-5-16-12(9)15-6-14-11/h4-8,10H,13H2,1-3H3. The number of hydrogen-bond acceptors (Lipinski definition) is 4. The summed E-state index contributed by atoms with van der Waals surface area (Å²) < 4.78 is 0. The molecule has 2 N–H and O–H groups in total. The van der Waals surface area contributed by atoms with Crippen molar-refractivity contribution in [1.29, 1.82) is 0 Å². The number of aromatic nitrogens is 2. The molecular weight excluding hydrogens is 218 g/mol. The minimum absolute atomic E-state index is 0.109. The molecule has 0 radical (unpaired) electrons. The summed E-state index contributed by atoms with van der Waals surface area (Å²) in [6.45, 7) is 6.42. The Morgan fingerprint density at radius 1 is 1.25 bits per heavy atom. The highest BCUT2D eigenvalue weighted by molar-refractivity contribution is 7.16. The Hall–Kier alpha value is -1.00. The second kappa shape index (κ2) is 4.47. The first kappa shape index (κ1) is 11.5. The number of rotatable bonds is 3. The monoisotopic (exact) mass is 235 g/mol. The molecule has 2 heterocycles. The molecule has 0 spiro atoms. The van der Waals surface area contributed by atoms with Crippen LogP contribution in [0.1, 0.15) is 32.4 Å². The van der Waals surface area contributed by atoms with Gasteiger partial charge in [0.25, 0.3) is 0 Å². The molecule has 2 aromatic heterocycles. The van der Waals surface area contributed by atoms with Gasteiger partial charge >= 0.3 is 0 Å². The van der Waals surface area contributed by atoms with Crippen molar-refractivity contribution < 1.29 is 0 Å². The van der Waals surface area contributed by atoms with Crippen molar-refractivity contribution >= 4 is 21.6 Å². The van der Waals surface area contributed by atoms with E-state index >= 15 is 0 Å². The topological polar surface area (TPSA) is 51.8 Å². The maximum atomic E-state index is 6.07. The maximum Gasteiger partial charge on any atom is 0.126 e. The highest BCUT2D eigenvalue weighted by Gasteiger charge is 2.23. The van der Waals surface area contributed by atoms with Crippen molar-refractivity contribution in [2.45, 2.75) is 32.7 Å². The molecule has 16 heavy (non-hydrogen) atoms. The fourth-order valence-corrected chi connectivity index (χ4v) is 2.99. The van der Waals surface area contributed by atoms with Crippen molar-refractivity contribution in [3.05, 3.63) is 23.5 Å². The Balaban J connectivity index is 2.56. The number of nitrogens with two attached hydrogens (primary N) is 1. The largest absolute Gasteiger partial charge is 0.327 e. The van der Waals surface area contributed by atoms with Crippen LogP contribution in [0.4, 0.5) is 0 Å². The molecule has 0 aliphatic carbocycles. The average molecular weight is 235 g/mol. The molecule has 0 fully saturated rings. The van der Waals surface area contributed by atoms with Gasteiger partial charge in [0.15, 0.2) is 0 Å². The first-order valence-electron chi connectivity index (χ1n) is 5.55. The summed E-state index contributed by atoms with van der Waals surface area (Å²) in [5.41, 5.74) is 7.17. The number of thiophene rings is 1. The van der Waals surface area contributed by atoms with E-state index in [0.717, 1.165) is 15.9 Å². The third-order valence-electron chi connectivity index (χ3n) is 2.89. The second-order valence-electron chi connectivity index (χ2n) is 4.53. The summed E-state index contributed by atoms with van der Waals surface area (Å²) in [5, 5.41) is 3.21. The van der Waals surface area contributed by atoms with Crippen molar-refractivity contribution in [3.63, 3.8) is 0 Å². The van der Waals surface area contributed by atoms with Gasteiger partial charge in [-0.1, -0.05) is 13.8 Å². The number of hydrogen-bond donors (Lipinski definition) is 1. The smallest absolute Gasteiger partial charge is 0.126 e. The fraction of sp³-hybridized carbons (Fsp3) is 0.500. The van der Waals surface area contributed by atoms with Crippen LogP contribution in [-0.4, -0.2) is 16.0 Å². The highest BCUT2D eigenvalue weighted by Crippen LogP contribution is 2.31. The lowest BCUT2D eigenvalue weighted by Gasteiger charge is -2.24. The molecule has 2 aromatic rings. The maximum absolute atomic E-state index is 6.07. The molecule has 0 saturated heterocycles. The van der Waals surface area contributed by atoms with Crippen molar-refractivity contribution in [1.82, 2.24) is 9.97 Å². The van der Waals surface area contributed by atoms with Gasteiger partial charge in [-0.3, -0.25) is 0 Å². The van der Waals surface area contributed by atoms with Gasteiger partial charge in [0.05, 0.1) is 5.69 Å². The quantitative estimate of drug-likeness (QED) is 0.890. The van der Waals surface area contributed by atoms with Crippen molar-refractivity contribution in [3.8, 4) is 0 Å². The van der Waals surface area contributed by atoms with Crippen molar-refractivity contribution in [2.75, 3.05) is 0 Å². The van der Waals surface area contributed by atoms with E-state index in [1.165, 1.54) is 0 Å². The van der Waals surface area contributed by atoms with E-state index in [9.17, 15) is 0 Å². The van der Waals surface area contributed by atoms with Gasteiger partial charge in [0, 0.05) is 17.3 Å². The third-order valence-corrected chi connectivity index (χ3v) is 3.71. The molecule has 2 atom stereocenters. The minimum atomic E-state index is 0.109. The van der Waals surface area contributed by atoms with Crippen LogP contribution >= 0.6 is 11.3 Å². The number of fused-ring (bicyclic) bond motifs is 1. The van der Waals surface area contributed by atoms with E-state index in [2.05, 4.69) is 35.3 Å². The first-order chi connectivity index (χ1) is 7.61. The Morgan fingerprint density at radius 3 is 2.62 bits per heavy atom. The van der Waals surface area contributed by atoms with Crippen LogP contribution in [-0.2, 0) is 0 Å². The Kier molecular flexibility index (Phi) is 3.21. The molecule has 3 nitrogen and oxygen atoms in total. The van der Waals surface area contributed by atoms with E-state index in [4.69, 9.17) is 5.73 Å². The molecule has 0 saturated carbocycles. The van der Waals surface area contributed by atoms with Crippen LogP contribution in [0.2, 0.25) is 0 Å². The third kappa shape index (κ3) is 1.95. The molecule has 0 bridgehead atoms. The second-order valence-corrected chi connectivity index (χ2v) is 5.42. The van der Waals surface area contributed by atoms with E-state index in [1.807, 2.05) is 6.92 Å². The van der Waals surface area contributed by atoms with Crippen LogP contribution in [0.3, 0.4) is 0 Å². The molecule has 4 heteroatoms. The zero-order chi connectivity index (χ0) is 11.7. The van der Waals surface area contributed by atoms with E-state index in [1.54, 1.807) is 17.7 Å². The lowest BCUT2D eigenvalue weighted by molar-refractivity contribution is 0.429. The summed E-state index contributed by atoms with van der Waals surface area (Å²) in [6, 6.07) is 2.20. The van der Waals surface area contributed by atoms with Crippen LogP contribution in [0.25, 0.3) is 10.2 Å². The van der Waals surface area contributed by atoms with Crippen LogP contribution in [0, 0.1) is 5.92 Å². The molecule has 2 rings (SSSR count). The predicted octanol–water partition coefficient (Wildman–Crippen LogP) is 2.78. The summed E-state index contributed by atoms with van der Waals surface area (Å²) in [6.07, 6.45) is 1.64. The van der Waals surface area contributed by atoms with Crippen LogP contribution < -0.4 is 5.73 Å². The van der Waals surface area contributed by atoms with Gasteiger partial charge in [-0.15, -0.1) is 11.3 Å². The molecule has 0 aromatic carbocycles. The Bertz CT molecular complexity index is 468. The molecule has 2 unspecified atom stereocenters. The summed E-state index contributed by atoms with van der Waals surface area (Å²) in [4.78, 5) is 9.76. The van der Waals surface area contributed by atoms with Gasteiger partial charge in [0.2, 0.25) is 0 Å². The SMILES string of the molecule is CC(C)C(c1ncnc2sccc12)C(C)N. The van der Waals surface area contributed by atoms with Crippen LogP contribution in [0.15, 0.2) is 17.8 Å². The Morgan fingerprint density at radius 2 is 2.00 bits per heavy atom. The average Bonchev–Trinajstić information content (AvgIpc) is 2.65. The van der Waals surface area contributed by atoms with Gasteiger partial charge in [-0.05, 0) is 24.3 Å². The van der Waals surface area contributed by atoms with Gasteiger partial charge in [-0.2, -0.15) is 0 Å². The van der Waals surface area contributed by atoms with Crippen LogP contribution in [0.5, 0.6) is 0 Å². The Labute approximate surface area is 99.7 Å². The van der Waals surface area contributed by atoms with E-state index in [-0.39, 0.29) is 6.04 Å². The molecule has 86 valence electrons. The van der Waals surface area contributed by atoms with E-state index in [0.29, 0.717) is 11.8 Å². The minimum Gasteiger partial charge on any atom is -0.327 e. The summed E-state index contributed by atoms with van der Waals surface area (Å²) in [5.74, 6) is 0.776. The zero-order valence-electron chi connectivity index (χ0n) is 9.84. The van der Waals surface area contributed by atoms with E-state index < -0.39 is 0 Å². The predicted molar refractivity (Wildman–Crippen MR) is 68.6 cm³/mol. The van der Waals surface area contributed by atoms with Crippen molar-refractivity contribution in [2.24, 2.45) is 11.7 Å². The van der Waals surface area contributed by atoms with Gasteiger partial charge in [-0.25, -0.2) is 9.97 Å². The normalized spacial score (nSPS) is 15.6. The zero-order valence-corrected chi connectivity index (χ0v) is 10.7. The first-order valence-corrected chi connectivity index (χ1v) is 6.43. The lowest BCUT2D eigenvalue weighted by atomic mass is 9.85. The fourth-order valence-electron chi connectivity index (χ4n) is 2.25. The van der Waals surface area contributed by atoms with Gasteiger partial charge < -0.3 is 5.73 Å². The molecular formula is C12H17N3S. The number of nitrogens with zero attached hydrogens (tertiary/aromatic N) is 2. The summed E-state index contributed by atoms with van der Waals surface area (Å²) in [7, 11) is 0. The summed E-state index contributed by atoms with van der Waals surface area (Å²) >= 11 is 1.65. The molecule has 0 aliphatic rings. The molecule has 0 amide bonds. The molecule has 0 aliphatic heterocycles. The van der Waals surface area contributed by atoms with Gasteiger partial charge in [0.1, 0.15) is 11.2 Å². The lowest BCUT2D eigenvalue weighted by Crippen LogP contribution is -2.29.